The molecule has 1 aromatic carbocycles. The Hall–Kier alpha value is -1.56. The lowest BCUT2D eigenvalue weighted by Crippen LogP contribution is -2.25. The average Bonchev–Trinajstić information content (AvgIpc) is 3.20. The van der Waals surface area contributed by atoms with Gasteiger partial charge in [-0.3, -0.25) is 0 Å². The van der Waals surface area contributed by atoms with Crippen molar-refractivity contribution in [2.24, 2.45) is 65.1 Å². The van der Waals surface area contributed by atoms with Crippen LogP contribution in [0.15, 0.2) is 61.7 Å². The van der Waals surface area contributed by atoms with Crippen LogP contribution in [0.1, 0.15) is 192 Å². The second-order valence-electron chi connectivity index (χ2n) is 19.6. The molecule has 52 heavy (non-hydrogen) atoms. The van der Waals surface area contributed by atoms with E-state index < -0.39 is 0 Å². The quantitative estimate of drug-likeness (QED) is 0.247. The molecule has 0 saturated heterocycles. The van der Waals surface area contributed by atoms with Gasteiger partial charge in [0.1, 0.15) is 0 Å². The smallest absolute Gasteiger partial charge is 0.0162 e. The first-order valence-corrected chi connectivity index (χ1v) is 23.3. The summed E-state index contributed by atoms with van der Waals surface area (Å²) in [6.45, 7) is 17.1. The monoisotopic (exact) mass is 709 g/mol. The van der Waals surface area contributed by atoms with E-state index in [-0.39, 0.29) is 0 Å². The maximum Gasteiger partial charge on any atom is -0.0162 e. The van der Waals surface area contributed by atoms with Crippen LogP contribution in [0.2, 0.25) is 0 Å². The molecule has 0 bridgehead atoms. The number of aryl methyl sites for hydroxylation is 1. The topological polar surface area (TPSA) is 0 Å². The fourth-order valence-electron chi connectivity index (χ4n) is 12.1. The Morgan fingerprint density at radius 1 is 0.423 bits per heavy atom. The van der Waals surface area contributed by atoms with Gasteiger partial charge in [-0.15, -0.1) is 13.2 Å². The Bertz CT molecular complexity index is 1120. The predicted molar refractivity (Wildman–Crippen MR) is 230 cm³/mol. The highest BCUT2D eigenvalue weighted by atomic mass is 14.4. The Morgan fingerprint density at radius 2 is 0.731 bits per heavy atom. The largest absolute Gasteiger partial charge is 0.103 e. The van der Waals surface area contributed by atoms with E-state index >= 15 is 0 Å². The maximum atomic E-state index is 3.97. The van der Waals surface area contributed by atoms with Crippen LogP contribution in [0.3, 0.4) is 0 Å². The van der Waals surface area contributed by atoms with Gasteiger partial charge < -0.3 is 0 Å². The summed E-state index contributed by atoms with van der Waals surface area (Å²) in [7, 11) is 0. The summed E-state index contributed by atoms with van der Waals surface area (Å²) in [6, 6.07) is 9.27. The molecule has 0 amide bonds. The summed E-state index contributed by atoms with van der Waals surface area (Å²) in [4.78, 5) is 0. The molecule has 0 atom stereocenters. The number of benzene rings is 1. The van der Waals surface area contributed by atoms with E-state index in [9.17, 15) is 0 Å². The lowest BCUT2D eigenvalue weighted by Gasteiger charge is -2.37. The third-order valence-electron chi connectivity index (χ3n) is 16.0. The van der Waals surface area contributed by atoms with E-state index in [1.807, 2.05) is 0 Å². The van der Waals surface area contributed by atoms with Crippen molar-refractivity contribution < 1.29 is 0 Å². The molecule has 0 heteroatoms. The van der Waals surface area contributed by atoms with E-state index in [2.05, 4.69) is 89.4 Å². The molecule has 0 spiro atoms. The van der Waals surface area contributed by atoms with E-state index in [0.717, 1.165) is 71.0 Å². The zero-order chi connectivity index (χ0) is 36.7. The Kier molecular flexibility index (Phi) is 17.7. The van der Waals surface area contributed by atoms with Crippen LogP contribution in [-0.2, 0) is 0 Å². The molecule has 6 fully saturated rings. The first-order chi connectivity index (χ1) is 25.3. The fourth-order valence-corrected chi connectivity index (χ4v) is 12.1. The van der Waals surface area contributed by atoms with Crippen molar-refractivity contribution in [3.63, 3.8) is 0 Å². The minimum Gasteiger partial charge on any atom is -0.103 e. The van der Waals surface area contributed by atoms with Gasteiger partial charge >= 0.3 is 0 Å². The van der Waals surface area contributed by atoms with Crippen LogP contribution < -0.4 is 0 Å². The van der Waals surface area contributed by atoms with Gasteiger partial charge in [-0.05, 0) is 219 Å². The third-order valence-corrected chi connectivity index (χ3v) is 16.0. The molecule has 0 unspecified atom stereocenters. The van der Waals surface area contributed by atoms with Gasteiger partial charge in [0.15, 0.2) is 0 Å². The lowest BCUT2D eigenvalue weighted by molar-refractivity contribution is 0.160. The second-order valence-corrected chi connectivity index (χ2v) is 19.6. The molecule has 0 N–H and O–H groups in total. The van der Waals surface area contributed by atoms with Gasteiger partial charge in [-0.1, -0.05) is 93.7 Å². The van der Waals surface area contributed by atoms with Gasteiger partial charge in [-0.2, -0.15) is 0 Å². The van der Waals surface area contributed by atoms with Crippen molar-refractivity contribution in [1.29, 1.82) is 0 Å². The van der Waals surface area contributed by atoms with Gasteiger partial charge in [0.05, 0.1) is 0 Å². The molecule has 6 aliphatic carbocycles. The van der Waals surface area contributed by atoms with Gasteiger partial charge in [0.2, 0.25) is 0 Å². The molecule has 0 heterocycles. The SMILES string of the molecule is C/C=C/C1CCC(C2CCC(C)CC2)CC1.C=CC1CCC(C2CCC(C)CC2)CC1.C=CC1CCC(C2CCC(c3ccc(C)cc3)CC2)CC1. The first kappa shape index (κ1) is 41.6. The Labute approximate surface area is 324 Å². The molecular formula is C52H84. The minimum atomic E-state index is 0.810. The third kappa shape index (κ3) is 13.0. The maximum absolute atomic E-state index is 3.97. The minimum absolute atomic E-state index is 0.810. The van der Waals surface area contributed by atoms with Crippen LogP contribution in [-0.4, -0.2) is 0 Å². The van der Waals surface area contributed by atoms with Crippen LogP contribution >= 0.6 is 0 Å². The summed E-state index contributed by atoms with van der Waals surface area (Å²) in [6.07, 6.45) is 44.3. The van der Waals surface area contributed by atoms with Crippen molar-refractivity contribution >= 4 is 0 Å². The van der Waals surface area contributed by atoms with Gasteiger partial charge in [0.25, 0.3) is 0 Å². The van der Waals surface area contributed by atoms with Crippen molar-refractivity contribution in [2.45, 2.75) is 188 Å². The van der Waals surface area contributed by atoms with E-state index in [1.54, 1.807) is 5.56 Å². The number of rotatable bonds is 7. The summed E-state index contributed by atoms with van der Waals surface area (Å²) < 4.78 is 0. The molecule has 0 radical (unpaired) electrons. The standard InChI is InChI=1S/C21H30.C16H28.C15H26/c1-3-17-6-10-19(11-7-17)21-14-12-20(13-15-21)18-8-4-16(2)5-9-18;1-3-4-14-7-11-16(12-8-14)15-9-5-13(2)6-10-15;1-3-13-6-10-15(11-7-13)14-8-4-12(2)5-9-14/h3-5,8-9,17,19-21H,1,6-7,10-15H2,2H3;3-4,13-16H,5-12H2,1-2H3;3,12-15H,1,4-11H2,2H3/b;4-3+;. The highest BCUT2D eigenvalue weighted by Gasteiger charge is 2.32. The highest BCUT2D eigenvalue weighted by molar-refractivity contribution is 5.24. The van der Waals surface area contributed by atoms with Crippen LogP contribution in [0.25, 0.3) is 0 Å². The van der Waals surface area contributed by atoms with E-state index in [4.69, 9.17) is 0 Å². The number of hydrogen-bond donors (Lipinski definition) is 0. The first-order valence-electron chi connectivity index (χ1n) is 23.3. The molecule has 6 saturated carbocycles. The molecule has 292 valence electrons. The molecule has 0 aromatic heterocycles. The highest BCUT2D eigenvalue weighted by Crippen LogP contribution is 2.45. The van der Waals surface area contributed by atoms with Crippen LogP contribution in [0.5, 0.6) is 0 Å². The van der Waals surface area contributed by atoms with Crippen LogP contribution in [0, 0.1) is 72.0 Å². The predicted octanol–water partition coefficient (Wildman–Crippen LogP) is 16.3. The summed E-state index contributed by atoms with van der Waals surface area (Å²) in [5.74, 6) is 11.7. The second kappa shape index (κ2) is 22.1. The molecule has 7 rings (SSSR count). The molecule has 0 nitrogen and oxygen atoms in total. The summed E-state index contributed by atoms with van der Waals surface area (Å²) >= 11 is 0. The van der Waals surface area contributed by atoms with Crippen molar-refractivity contribution in [2.75, 3.05) is 0 Å². The molecule has 0 aliphatic heterocycles. The molecule has 6 aliphatic rings. The van der Waals surface area contributed by atoms with Crippen molar-refractivity contribution in [1.82, 2.24) is 0 Å². The van der Waals surface area contributed by atoms with Crippen molar-refractivity contribution in [3.8, 4) is 0 Å². The molecule has 1 aromatic rings. The van der Waals surface area contributed by atoms with E-state index in [0.29, 0.717) is 0 Å². The van der Waals surface area contributed by atoms with Gasteiger partial charge in [0, 0.05) is 0 Å². The lowest BCUT2D eigenvalue weighted by atomic mass is 9.68. The van der Waals surface area contributed by atoms with E-state index in [1.165, 1.54) is 160 Å². The number of hydrogen-bond acceptors (Lipinski definition) is 0. The molecular weight excluding hydrogens is 625 g/mol. The summed E-state index contributed by atoms with van der Waals surface area (Å²) in [5, 5.41) is 0. The summed E-state index contributed by atoms with van der Waals surface area (Å²) in [5.41, 5.74) is 2.96. The van der Waals surface area contributed by atoms with Gasteiger partial charge in [-0.25, -0.2) is 0 Å². The fraction of sp³-hybridized carbons (Fsp3) is 0.769. The van der Waals surface area contributed by atoms with Crippen LogP contribution in [0.4, 0.5) is 0 Å². The zero-order valence-corrected chi connectivity index (χ0v) is 34.9. The Morgan fingerprint density at radius 3 is 1.06 bits per heavy atom. The Balaban J connectivity index is 0.000000154. The zero-order valence-electron chi connectivity index (χ0n) is 34.9. The van der Waals surface area contributed by atoms with Crippen molar-refractivity contribution in [3.05, 3.63) is 72.9 Å². The number of allylic oxidation sites excluding steroid dienone is 4. The normalized spacial score (nSPS) is 38.5. The average molecular weight is 709 g/mol.